The highest BCUT2D eigenvalue weighted by atomic mass is 16.4. The minimum atomic E-state index is -0.825. The van der Waals surface area contributed by atoms with Crippen LogP contribution in [0.15, 0.2) is 24.3 Å². The maximum absolute atomic E-state index is 12.3. The number of benzene rings is 1. The average molecular weight is 275 g/mol. The number of carbonyl (C=O) groups excluding carboxylic acids is 1. The SMILES string of the molecule is Cc1ccccc1CCC(=O)N1CCCC1CC(=O)O. The topological polar surface area (TPSA) is 57.6 Å². The largest absolute Gasteiger partial charge is 0.481 e. The Labute approximate surface area is 119 Å². The van der Waals surface area contributed by atoms with E-state index in [-0.39, 0.29) is 18.4 Å². The molecule has 0 spiro atoms. The zero-order chi connectivity index (χ0) is 14.5. The summed E-state index contributed by atoms with van der Waals surface area (Å²) in [6.07, 6.45) is 2.97. The van der Waals surface area contributed by atoms with E-state index in [0.717, 1.165) is 19.3 Å². The second-order valence-electron chi connectivity index (χ2n) is 5.41. The summed E-state index contributed by atoms with van der Waals surface area (Å²) in [5.41, 5.74) is 2.39. The van der Waals surface area contributed by atoms with Crippen molar-refractivity contribution in [1.82, 2.24) is 4.90 Å². The summed E-state index contributed by atoms with van der Waals surface area (Å²) in [6.45, 7) is 2.74. The van der Waals surface area contributed by atoms with E-state index in [1.807, 2.05) is 31.2 Å². The van der Waals surface area contributed by atoms with E-state index < -0.39 is 5.97 Å². The highest BCUT2D eigenvalue weighted by molar-refractivity contribution is 5.78. The molecule has 0 aliphatic carbocycles. The van der Waals surface area contributed by atoms with Gasteiger partial charge in [-0.1, -0.05) is 24.3 Å². The highest BCUT2D eigenvalue weighted by Gasteiger charge is 2.29. The quantitative estimate of drug-likeness (QED) is 0.897. The minimum absolute atomic E-state index is 0.0656. The monoisotopic (exact) mass is 275 g/mol. The number of aliphatic carboxylic acids is 1. The molecule has 0 radical (unpaired) electrons. The van der Waals surface area contributed by atoms with Gasteiger partial charge in [0.2, 0.25) is 5.91 Å². The zero-order valence-corrected chi connectivity index (χ0v) is 11.8. The summed E-state index contributed by atoms with van der Waals surface area (Å²) in [5, 5.41) is 8.88. The van der Waals surface area contributed by atoms with Crippen molar-refractivity contribution >= 4 is 11.9 Å². The molecule has 1 aliphatic rings. The molecule has 0 saturated carbocycles. The Morgan fingerprint density at radius 3 is 2.80 bits per heavy atom. The van der Waals surface area contributed by atoms with Crippen LogP contribution in [-0.2, 0) is 16.0 Å². The van der Waals surface area contributed by atoms with Gasteiger partial charge in [-0.15, -0.1) is 0 Å². The Kier molecular flexibility index (Phi) is 4.77. The highest BCUT2D eigenvalue weighted by Crippen LogP contribution is 2.22. The van der Waals surface area contributed by atoms with Gasteiger partial charge in [0.05, 0.1) is 6.42 Å². The summed E-state index contributed by atoms with van der Waals surface area (Å²) >= 11 is 0. The van der Waals surface area contributed by atoms with E-state index in [4.69, 9.17) is 5.11 Å². The third-order valence-corrected chi connectivity index (χ3v) is 3.98. The lowest BCUT2D eigenvalue weighted by molar-refractivity contribution is -0.139. The van der Waals surface area contributed by atoms with E-state index in [0.29, 0.717) is 13.0 Å². The fourth-order valence-electron chi connectivity index (χ4n) is 2.85. The second kappa shape index (κ2) is 6.55. The molecule has 1 fully saturated rings. The molecule has 4 nitrogen and oxygen atoms in total. The molecule has 1 N–H and O–H groups in total. The smallest absolute Gasteiger partial charge is 0.305 e. The van der Waals surface area contributed by atoms with Crippen LogP contribution in [0.25, 0.3) is 0 Å². The maximum Gasteiger partial charge on any atom is 0.305 e. The number of carboxylic acids is 1. The van der Waals surface area contributed by atoms with Crippen LogP contribution in [0, 0.1) is 6.92 Å². The van der Waals surface area contributed by atoms with Gasteiger partial charge >= 0.3 is 5.97 Å². The van der Waals surface area contributed by atoms with Gasteiger partial charge in [0, 0.05) is 19.0 Å². The van der Waals surface area contributed by atoms with E-state index >= 15 is 0 Å². The molecule has 1 saturated heterocycles. The van der Waals surface area contributed by atoms with Gasteiger partial charge in [0.25, 0.3) is 0 Å². The second-order valence-corrected chi connectivity index (χ2v) is 5.41. The molecule has 1 aromatic carbocycles. The molecule has 2 rings (SSSR count). The summed E-state index contributed by atoms with van der Waals surface area (Å²) in [6, 6.07) is 7.95. The molecule has 0 aromatic heterocycles. The lowest BCUT2D eigenvalue weighted by Crippen LogP contribution is -2.36. The van der Waals surface area contributed by atoms with Crippen molar-refractivity contribution in [3.05, 3.63) is 35.4 Å². The third-order valence-electron chi connectivity index (χ3n) is 3.98. The van der Waals surface area contributed by atoms with Crippen molar-refractivity contribution in [2.75, 3.05) is 6.54 Å². The van der Waals surface area contributed by atoms with Crippen LogP contribution < -0.4 is 0 Å². The first-order chi connectivity index (χ1) is 9.58. The fraction of sp³-hybridized carbons (Fsp3) is 0.500. The predicted molar refractivity (Wildman–Crippen MR) is 76.5 cm³/mol. The van der Waals surface area contributed by atoms with Crippen LogP contribution in [0.4, 0.5) is 0 Å². The van der Waals surface area contributed by atoms with E-state index in [1.165, 1.54) is 11.1 Å². The van der Waals surface area contributed by atoms with Gasteiger partial charge in [-0.2, -0.15) is 0 Å². The van der Waals surface area contributed by atoms with E-state index in [9.17, 15) is 9.59 Å². The molecule has 1 amide bonds. The lowest BCUT2D eigenvalue weighted by Gasteiger charge is -2.23. The molecule has 108 valence electrons. The van der Waals surface area contributed by atoms with Crippen LogP contribution in [0.1, 0.15) is 36.8 Å². The van der Waals surface area contributed by atoms with Gasteiger partial charge < -0.3 is 10.0 Å². The Morgan fingerprint density at radius 2 is 2.10 bits per heavy atom. The predicted octanol–water partition coefficient (Wildman–Crippen LogP) is 2.39. The van der Waals surface area contributed by atoms with Crippen molar-refractivity contribution in [1.29, 1.82) is 0 Å². The first-order valence-electron chi connectivity index (χ1n) is 7.13. The molecule has 1 aromatic rings. The van der Waals surface area contributed by atoms with Crippen LogP contribution >= 0.6 is 0 Å². The van der Waals surface area contributed by atoms with E-state index in [2.05, 4.69) is 0 Å². The number of carbonyl (C=O) groups is 2. The van der Waals surface area contributed by atoms with Crippen LogP contribution in [0.2, 0.25) is 0 Å². The number of carboxylic acid groups (broad SMARTS) is 1. The summed E-state index contributed by atoms with van der Waals surface area (Å²) in [7, 11) is 0. The Morgan fingerprint density at radius 1 is 1.35 bits per heavy atom. The van der Waals surface area contributed by atoms with E-state index in [1.54, 1.807) is 4.90 Å². The van der Waals surface area contributed by atoms with Crippen LogP contribution in [0.3, 0.4) is 0 Å². The first-order valence-corrected chi connectivity index (χ1v) is 7.13. The molecular weight excluding hydrogens is 254 g/mol. The molecular formula is C16H21NO3. The molecule has 1 aliphatic heterocycles. The van der Waals surface area contributed by atoms with Crippen LogP contribution in [-0.4, -0.2) is 34.5 Å². The number of nitrogens with zero attached hydrogens (tertiary/aromatic N) is 1. The summed E-state index contributed by atoms with van der Waals surface area (Å²) < 4.78 is 0. The number of likely N-dealkylation sites (tertiary alicyclic amines) is 1. The van der Waals surface area contributed by atoms with Crippen molar-refractivity contribution in [2.24, 2.45) is 0 Å². The maximum atomic E-state index is 12.3. The van der Waals surface area contributed by atoms with Gasteiger partial charge in [0.1, 0.15) is 0 Å². The van der Waals surface area contributed by atoms with Gasteiger partial charge in [-0.3, -0.25) is 9.59 Å². The molecule has 1 heterocycles. The molecule has 4 heteroatoms. The summed E-state index contributed by atoms with van der Waals surface area (Å²) in [4.78, 5) is 24.8. The van der Waals surface area contributed by atoms with Crippen molar-refractivity contribution in [3.63, 3.8) is 0 Å². The molecule has 1 unspecified atom stereocenters. The Bertz CT molecular complexity index is 498. The molecule has 1 atom stereocenters. The number of hydrogen-bond acceptors (Lipinski definition) is 2. The number of rotatable bonds is 5. The van der Waals surface area contributed by atoms with Crippen molar-refractivity contribution in [2.45, 2.75) is 45.1 Å². The standard InChI is InChI=1S/C16H21NO3/c1-12-5-2-3-6-13(12)8-9-15(18)17-10-4-7-14(17)11-16(19)20/h2-3,5-6,14H,4,7-11H2,1H3,(H,19,20). The fourth-order valence-corrected chi connectivity index (χ4v) is 2.85. The van der Waals surface area contributed by atoms with Crippen molar-refractivity contribution < 1.29 is 14.7 Å². The minimum Gasteiger partial charge on any atom is -0.481 e. The lowest BCUT2D eigenvalue weighted by atomic mass is 10.0. The number of amides is 1. The van der Waals surface area contributed by atoms with Gasteiger partial charge in [-0.25, -0.2) is 0 Å². The Balaban J connectivity index is 1.91. The van der Waals surface area contributed by atoms with Crippen LogP contribution in [0.5, 0.6) is 0 Å². The Hall–Kier alpha value is -1.84. The summed E-state index contributed by atoms with van der Waals surface area (Å²) in [5.74, 6) is -0.745. The molecule has 0 bridgehead atoms. The molecule has 20 heavy (non-hydrogen) atoms. The number of hydrogen-bond donors (Lipinski definition) is 1. The van der Waals surface area contributed by atoms with Gasteiger partial charge in [-0.05, 0) is 37.3 Å². The zero-order valence-electron chi connectivity index (χ0n) is 11.8. The average Bonchev–Trinajstić information content (AvgIpc) is 2.85. The third kappa shape index (κ3) is 3.59. The number of aryl methyl sites for hydroxylation is 2. The van der Waals surface area contributed by atoms with Gasteiger partial charge in [0.15, 0.2) is 0 Å². The normalized spacial score (nSPS) is 18.2. The first kappa shape index (κ1) is 14.6. The van der Waals surface area contributed by atoms with Crippen molar-refractivity contribution in [3.8, 4) is 0 Å².